The molecule has 0 spiro atoms. The number of nitrogens with one attached hydrogen (secondary N) is 1. The predicted octanol–water partition coefficient (Wildman–Crippen LogP) is 1.74. The number of aromatic nitrogens is 2. The molecule has 2 fully saturated rings. The Hall–Kier alpha value is -1.57. The summed E-state index contributed by atoms with van der Waals surface area (Å²) < 4.78 is 6.04. The molecule has 132 valence electrons. The summed E-state index contributed by atoms with van der Waals surface area (Å²) in [6.45, 7) is 8.72. The van der Waals surface area contributed by atoms with Crippen molar-refractivity contribution in [3.8, 4) is 5.88 Å². The van der Waals surface area contributed by atoms with E-state index in [0.717, 1.165) is 49.1 Å². The molecule has 1 saturated heterocycles. The Morgan fingerprint density at radius 1 is 1.42 bits per heavy atom. The zero-order valence-corrected chi connectivity index (χ0v) is 16.1. The molecule has 0 amide bonds. The van der Waals surface area contributed by atoms with Gasteiger partial charge in [0.15, 0.2) is 5.96 Å². The minimum Gasteiger partial charge on any atom is -0.480 e. The molecule has 2 unspecified atom stereocenters. The van der Waals surface area contributed by atoms with Crippen LogP contribution in [-0.4, -0.2) is 66.7 Å². The third-order valence-corrected chi connectivity index (χ3v) is 5.03. The van der Waals surface area contributed by atoms with E-state index >= 15 is 0 Å². The number of piperazine rings is 1. The molecule has 0 bridgehead atoms. The van der Waals surface area contributed by atoms with Crippen molar-refractivity contribution in [1.82, 2.24) is 20.2 Å². The Morgan fingerprint density at radius 3 is 2.71 bits per heavy atom. The highest BCUT2D eigenvalue weighted by molar-refractivity contribution is 9.10. The molecule has 1 aliphatic heterocycles. The molecule has 1 aromatic heterocycles. The van der Waals surface area contributed by atoms with Crippen LogP contribution in [0.1, 0.15) is 20.3 Å². The normalized spacial score (nSPS) is 24.1. The third kappa shape index (κ3) is 3.91. The van der Waals surface area contributed by atoms with E-state index in [1.165, 1.54) is 6.42 Å². The summed E-state index contributed by atoms with van der Waals surface area (Å²) in [6.07, 6.45) is 2.99. The molecule has 0 aromatic carbocycles. The SMILES string of the molecule is CCN=C(NC1CC1C)N1CCN(c2ncc(Br)c(OC)n2)CC1. The lowest BCUT2D eigenvalue weighted by Crippen LogP contribution is -2.53. The predicted molar refractivity (Wildman–Crippen MR) is 98.8 cm³/mol. The molecule has 2 atom stereocenters. The number of hydrogen-bond acceptors (Lipinski definition) is 5. The number of aliphatic imine (C=N–C) groups is 1. The molecular weight excluding hydrogens is 372 g/mol. The van der Waals surface area contributed by atoms with Gasteiger partial charge >= 0.3 is 0 Å². The molecule has 3 rings (SSSR count). The lowest BCUT2D eigenvalue weighted by Gasteiger charge is -2.36. The number of ether oxygens (including phenoxy) is 1. The van der Waals surface area contributed by atoms with Crippen LogP contribution in [0.2, 0.25) is 0 Å². The summed E-state index contributed by atoms with van der Waals surface area (Å²) in [4.78, 5) is 18.1. The second-order valence-electron chi connectivity index (χ2n) is 6.26. The largest absolute Gasteiger partial charge is 0.480 e. The van der Waals surface area contributed by atoms with Crippen LogP contribution in [-0.2, 0) is 0 Å². The quantitative estimate of drug-likeness (QED) is 0.617. The van der Waals surface area contributed by atoms with Crippen molar-refractivity contribution < 1.29 is 4.74 Å². The molecule has 1 aliphatic carbocycles. The highest BCUT2D eigenvalue weighted by atomic mass is 79.9. The molecule has 24 heavy (non-hydrogen) atoms. The van der Waals surface area contributed by atoms with Gasteiger partial charge in [-0.15, -0.1) is 0 Å². The van der Waals surface area contributed by atoms with Crippen LogP contribution in [0.3, 0.4) is 0 Å². The first kappa shape index (κ1) is 17.3. The summed E-state index contributed by atoms with van der Waals surface area (Å²) in [5.41, 5.74) is 0. The highest BCUT2D eigenvalue weighted by Gasteiger charge is 2.34. The van der Waals surface area contributed by atoms with Gasteiger partial charge in [-0.2, -0.15) is 4.98 Å². The topological polar surface area (TPSA) is 65.9 Å². The molecule has 1 saturated carbocycles. The second kappa shape index (κ2) is 7.55. The van der Waals surface area contributed by atoms with Crippen LogP contribution in [0.25, 0.3) is 0 Å². The maximum Gasteiger partial charge on any atom is 0.232 e. The Balaban J connectivity index is 1.61. The van der Waals surface area contributed by atoms with Gasteiger partial charge in [-0.25, -0.2) is 4.98 Å². The van der Waals surface area contributed by atoms with E-state index in [9.17, 15) is 0 Å². The molecule has 1 aromatic rings. The monoisotopic (exact) mass is 396 g/mol. The molecule has 2 heterocycles. The fourth-order valence-electron chi connectivity index (χ4n) is 2.83. The first-order valence-electron chi connectivity index (χ1n) is 8.49. The fraction of sp³-hybridized carbons (Fsp3) is 0.688. The van der Waals surface area contributed by atoms with Gasteiger partial charge in [0.05, 0.1) is 17.8 Å². The first-order valence-corrected chi connectivity index (χ1v) is 9.29. The van der Waals surface area contributed by atoms with Gasteiger partial charge < -0.3 is 19.9 Å². The lowest BCUT2D eigenvalue weighted by atomic mass is 10.3. The van der Waals surface area contributed by atoms with Crippen molar-refractivity contribution >= 4 is 27.8 Å². The number of anilines is 1. The lowest BCUT2D eigenvalue weighted by molar-refractivity contribution is 0.365. The van der Waals surface area contributed by atoms with E-state index in [2.05, 4.69) is 59.9 Å². The van der Waals surface area contributed by atoms with Crippen molar-refractivity contribution in [2.24, 2.45) is 10.9 Å². The zero-order valence-electron chi connectivity index (χ0n) is 14.5. The van der Waals surface area contributed by atoms with Crippen LogP contribution >= 0.6 is 15.9 Å². The minimum atomic E-state index is 0.569. The first-order chi connectivity index (χ1) is 11.6. The molecule has 2 aliphatic rings. The van der Waals surface area contributed by atoms with Crippen molar-refractivity contribution in [2.45, 2.75) is 26.3 Å². The van der Waals surface area contributed by atoms with Gasteiger partial charge in [-0.1, -0.05) is 6.92 Å². The van der Waals surface area contributed by atoms with Crippen molar-refractivity contribution in [3.63, 3.8) is 0 Å². The van der Waals surface area contributed by atoms with Crippen molar-refractivity contribution in [3.05, 3.63) is 10.7 Å². The fourth-order valence-corrected chi connectivity index (χ4v) is 3.19. The van der Waals surface area contributed by atoms with Gasteiger partial charge in [0.2, 0.25) is 11.8 Å². The Kier molecular flexibility index (Phi) is 5.43. The number of rotatable bonds is 4. The number of hydrogen-bond donors (Lipinski definition) is 1. The summed E-state index contributed by atoms with van der Waals surface area (Å²) in [6, 6.07) is 0.590. The molecule has 0 radical (unpaired) electrons. The van der Waals surface area contributed by atoms with E-state index in [0.29, 0.717) is 17.9 Å². The van der Waals surface area contributed by atoms with Crippen LogP contribution in [0.5, 0.6) is 5.88 Å². The number of nitrogens with zero attached hydrogens (tertiary/aromatic N) is 5. The molecule has 1 N–H and O–H groups in total. The maximum absolute atomic E-state index is 5.26. The summed E-state index contributed by atoms with van der Waals surface area (Å²) >= 11 is 3.39. The highest BCUT2D eigenvalue weighted by Crippen LogP contribution is 2.29. The Morgan fingerprint density at radius 2 is 2.12 bits per heavy atom. The van der Waals surface area contributed by atoms with Gasteiger partial charge in [0.25, 0.3) is 0 Å². The number of methoxy groups -OCH3 is 1. The maximum atomic E-state index is 5.26. The molecule has 8 heteroatoms. The smallest absolute Gasteiger partial charge is 0.232 e. The Bertz CT molecular complexity index is 602. The van der Waals surface area contributed by atoms with Crippen LogP contribution in [0.15, 0.2) is 15.7 Å². The van der Waals surface area contributed by atoms with E-state index in [4.69, 9.17) is 4.74 Å². The minimum absolute atomic E-state index is 0.569. The van der Waals surface area contributed by atoms with E-state index < -0.39 is 0 Å². The average Bonchev–Trinajstić information content (AvgIpc) is 3.30. The zero-order chi connectivity index (χ0) is 17.1. The van der Waals surface area contributed by atoms with Crippen LogP contribution < -0.4 is 15.0 Å². The van der Waals surface area contributed by atoms with Crippen LogP contribution in [0, 0.1) is 5.92 Å². The number of halogens is 1. The van der Waals surface area contributed by atoms with Gasteiger partial charge in [0.1, 0.15) is 0 Å². The molecule has 7 nitrogen and oxygen atoms in total. The van der Waals surface area contributed by atoms with Gasteiger partial charge in [-0.05, 0) is 35.2 Å². The summed E-state index contributed by atoms with van der Waals surface area (Å²) in [7, 11) is 1.62. The van der Waals surface area contributed by atoms with E-state index in [-0.39, 0.29) is 0 Å². The van der Waals surface area contributed by atoms with Crippen molar-refractivity contribution in [1.29, 1.82) is 0 Å². The van der Waals surface area contributed by atoms with E-state index in [1.807, 2.05) is 0 Å². The number of guanidine groups is 1. The standard InChI is InChI=1S/C16H25BrN6O/c1-4-18-15(20-13-9-11(13)2)22-5-7-23(8-6-22)16-19-10-12(17)14(21-16)24-3/h10-11,13H,4-9H2,1-3H3,(H,18,20). The summed E-state index contributed by atoms with van der Waals surface area (Å²) in [5, 5.41) is 3.59. The van der Waals surface area contributed by atoms with Crippen LogP contribution in [0.4, 0.5) is 5.95 Å². The molecular formula is C16H25BrN6O. The Labute approximate surface area is 151 Å². The summed E-state index contributed by atoms with van der Waals surface area (Å²) in [5.74, 6) is 3.09. The van der Waals surface area contributed by atoms with E-state index in [1.54, 1.807) is 13.3 Å². The van der Waals surface area contributed by atoms with Gasteiger partial charge in [0, 0.05) is 38.8 Å². The average molecular weight is 397 g/mol. The second-order valence-corrected chi connectivity index (χ2v) is 7.12. The van der Waals surface area contributed by atoms with Gasteiger partial charge in [-0.3, -0.25) is 4.99 Å². The third-order valence-electron chi connectivity index (χ3n) is 4.49. The van der Waals surface area contributed by atoms with Crippen molar-refractivity contribution in [2.75, 3.05) is 44.7 Å².